The van der Waals surface area contributed by atoms with Crippen LogP contribution in [0.2, 0.25) is 0 Å². The molecule has 1 aliphatic carbocycles. The van der Waals surface area contributed by atoms with E-state index in [-0.39, 0.29) is 18.1 Å². The minimum atomic E-state index is -0.229. The highest BCUT2D eigenvalue weighted by molar-refractivity contribution is 7.10. The standard InChI is InChI=1S/C16H21N3O2S/c1-3-19-13(7-10(2)18-19)16(21)17-15(11-8-12(20)9-11)14-5-4-6-22-14/h4-7,11-12,15,20H,3,8-9H2,1-2H3,(H,17,21)/t11?,12?,15-/m0/s1. The number of aryl methyl sites for hydroxylation is 2. The number of aliphatic hydroxyl groups excluding tert-OH is 1. The normalized spacial score (nSPS) is 22.1. The van der Waals surface area contributed by atoms with E-state index in [1.807, 2.05) is 37.4 Å². The molecule has 22 heavy (non-hydrogen) atoms. The third-order valence-electron chi connectivity index (χ3n) is 4.19. The third-order valence-corrected chi connectivity index (χ3v) is 5.15. The first-order valence-electron chi connectivity index (χ1n) is 7.65. The quantitative estimate of drug-likeness (QED) is 0.890. The summed E-state index contributed by atoms with van der Waals surface area (Å²) < 4.78 is 1.73. The molecule has 1 saturated carbocycles. The Morgan fingerprint density at radius 1 is 1.59 bits per heavy atom. The molecule has 1 fully saturated rings. The minimum absolute atomic E-state index is 0.0311. The Bertz CT molecular complexity index is 644. The number of nitrogens with one attached hydrogen (secondary N) is 1. The Hall–Kier alpha value is -1.66. The van der Waals surface area contributed by atoms with Crippen molar-refractivity contribution in [2.24, 2.45) is 5.92 Å². The molecule has 0 aliphatic heterocycles. The number of aliphatic hydroxyl groups is 1. The lowest BCUT2D eigenvalue weighted by Crippen LogP contribution is -2.41. The molecule has 2 N–H and O–H groups in total. The van der Waals surface area contributed by atoms with E-state index in [2.05, 4.69) is 10.4 Å². The first-order chi connectivity index (χ1) is 10.6. The van der Waals surface area contributed by atoms with Gasteiger partial charge in [-0.2, -0.15) is 5.10 Å². The summed E-state index contributed by atoms with van der Waals surface area (Å²) in [6, 6.07) is 5.83. The zero-order valence-corrected chi connectivity index (χ0v) is 13.6. The van der Waals surface area contributed by atoms with E-state index in [1.54, 1.807) is 16.0 Å². The summed E-state index contributed by atoms with van der Waals surface area (Å²) in [6.07, 6.45) is 1.26. The number of thiophene rings is 1. The monoisotopic (exact) mass is 319 g/mol. The Kier molecular flexibility index (Phi) is 4.31. The van der Waals surface area contributed by atoms with Crippen molar-refractivity contribution in [1.82, 2.24) is 15.1 Å². The number of carbonyl (C=O) groups is 1. The molecule has 1 aliphatic rings. The van der Waals surface area contributed by atoms with E-state index in [4.69, 9.17) is 0 Å². The Morgan fingerprint density at radius 2 is 2.36 bits per heavy atom. The van der Waals surface area contributed by atoms with Crippen LogP contribution in [-0.2, 0) is 6.54 Å². The Labute approximate surface area is 134 Å². The maximum atomic E-state index is 12.6. The fraction of sp³-hybridized carbons (Fsp3) is 0.500. The topological polar surface area (TPSA) is 67.2 Å². The van der Waals surface area contributed by atoms with Crippen LogP contribution in [0.1, 0.15) is 46.9 Å². The number of hydrogen-bond acceptors (Lipinski definition) is 4. The maximum absolute atomic E-state index is 12.6. The SMILES string of the molecule is CCn1nc(C)cc1C(=O)N[C@H](c1cccs1)C1CC(O)C1. The Morgan fingerprint density at radius 3 is 2.95 bits per heavy atom. The molecule has 0 saturated heterocycles. The van der Waals surface area contributed by atoms with Crippen LogP contribution >= 0.6 is 11.3 Å². The van der Waals surface area contributed by atoms with Crippen molar-refractivity contribution < 1.29 is 9.90 Å². The molecule has 0 radical (unpaired) electrons. The summed E-state index contributed by atoms with van der Waals surface area (Å²) in [5.74, 6) is 0.207. The van der Waals surface area contributed by atoms with E-state index in [0.717, 1.165) is 23.4 Å². The molecular formula is C16H21N3O2S. The molecule has 0 bridgehead atoms. The lowest BCUT2D eigenvalue weighted by atomic mass is 9.76. The van der Waals surface area contributed by atoms with E-state index in [9.17, 15) is 9.90 Å². The van der Waals surface area contributed by atoms with Crippen molar-refractivity contribution in [3.63, 3.8) is 0 Å². The molecule has 0 aromatic carbocycles. The van der Waals surface area contributed by atoms with E-state index < -0.39 is 0 Å². The van der Waals surface area contributed by atoms with E-state index in [1.165, 1.54) is 0 Å². The summed E-state index contributed by atoms with van der Waals surface area (Å²) in [5, 5.41) is 19.1. The number of carbonyl (C=O) groups excluding carboxylic acids is 1. The molecule has 2 aromatic rings. The maximum Gasteiger partial charge on any atom is 0.270 e. The van der Waals surface area contributed by atoms with Gasteiger partial charge in [-0.15, -0.1) is 11.3 Å². The summed E-state index contributed by atoms with van der Waals surface area (Å²) in [5.41, 5.74) is 1.44. The molecule has 0 spiro atoms. The van der Waals surface area contributed by atoms with Gasteiger partial charge in [-0.25, -0.2) is 0 Å². The van der Waals surface area contributed by atoms with Gasteiger partial charge < -0.3 is 10.4 Å². The van der Waals surface area contributed by atoms with Gasteiger partial charge in [0.1, 0.15) is 5.69 Å². The van der Waals surface area contributed by atoms with Gasteiger partial charge in [-0.05, 0) is 50.1 Å². The molecular weight excluding hydrogens is 298 g/mol. The van der Waals surface area contributed by atoms with Gasteiger partial charge in [0.05, 0.1) is 17.8 Å². The summed E-state index contributed by atoms with van der Waals surface area (Å²) >= 11 is 1.64. The van der Waals surface area contributed by atoms with Crippen LogP contribution in [0.3, 0.4) is 0 Å². The number of rotatable bonds is 5. The van der Waals surface area contributed by atoms with Gasteiger partial charge in [0.2, 0.25) is 0 Å². The molecule has 2 heterocycles. The molecule has 5 nitrogen and oxygen atoms in total. The second kappa shape index (κ2) is 6.22. The molecule has 118 valence electrons. The number of hydrogen-bond donors (Lipinski definition) is 2. The van der Waals surface area contributed by atoms with Crippen LogP contribution in [0.25, 0.3) is 0 Å². The highest BCUT2D eigenvalue weighted by Crippen LogP contribution is 2.39. The molecule has 1 atom stereocenters. The van der Waals surface area contributed by atoms with Crippen molar-refractivity contribution in [2.45, 2.75) is 45.4 Å². The lowest BCUT2D eigenvalue weighted by Gasteiger charge is -2.37. The first kappa shape index (κ1) is 15.2. The van der Waals surface area contributed by atoms with Crippen LogP contribution in [0.5, 0.6) is 0 Å². The molecule has 1 amide bonds. The second-order valence-corrected chi connectivity index (χ2v) is 6.82. The largest absolute Gasteiger partial charge is 0.393 e. The van der Waals surface area contributed by atoms with Crippen LogP contribution in [0.4, 0.5) is 0 Å². The van der Waals surface area contributed by atoms with Crippen LogP contribution < -0.4 is 5.32 Å². The van der Waals surface area contributed by atoms with Crippen molar-refractivity contribution in [3.05, 3.63) is 39.8 Å². The van der Waals surface area contributed by atoms with Crippen LogP contribution in [-0.4, -0.2) is 26.9 Å². The average molecular weight is 319 g/mol. The molecule has 0 unspecified atom stereocenters. The summed E-state index contributed by atoms with van der Waals surface area (Å²) in [4.78, 5) is 13.8. The highest BCUT2D eigenvalue weighted by Gasteiger charge is 2.36. The third kappa shape index (κ3) is 2.94. The van der Waals surface area contributed by atoms with Crippen molar-refractivity contribution >= 4 is 17.2 Å². The predicted molar refractivity (Wildman–Crippen MR) is 85.9 cm³/mol. The van der Waals surface area contributed by atoms with Gasteiger partial charge in [0, 0.05) is 11.4 Å². The first-order valence-corrected chi connectivity index (χ1v) is 8.53. The van der Waals surface area contributed by atoms with E-state index >= 15 is 0 Å². The molecule has 3 rings (SSSR count). The van der Waals surface area contributed by atoms with Gasteiger partial charge in [-0.3, -0.25) is 9.48 Å². The Balaban J connectivity index is 1.79. The van der Waals surface area contributed by atoms with Crippen molar-refractivity contribution in [1.29, 1.82) is 0 Å². The fourth-order valence-corrected chi connectivity index (χ4v) is 3.85. The highest BCUT2D eigenvalue weighted by atomic mass is 32.1. The van der Waals surface area contributed by atoms with Gasteiger partial charge in [-0.1, -0.05) is 6.07 Å². The van der Waals surface area contributed by atoms with Crippen LogP contribution in [0.15, 0.2) is 23.6 Å². The number of aromatic nitrogens is 2. The van der Waals surface area contributed by atoms with Crippen molar-refractivity contribution in [2.75, 3.05) is 0 Å². The average Bonchev–Trinajstić information content (AvgIpc) is 3.10. The van der Waals surface area contributed by atoms with Gasteiger partial charge >= 0.3 is 0 Å². The van der Waals surface area contributed by atoms with Gasteiger partial charge in [0.15, 0.2) is 0 Å². The van der Waals surface area contributed by atoms with Crippen LogP contribution in [0, 0.1) is 12.8 Å². The second-order valence-electron chi connectivity index (χ2n) is 5.84. The van der Waals surface area contributed by atoms with Gasteiger partial charge in [0.25, 0.3) is 5.91 Å². The summed E-state index contributed by atoms with van der Waals surface area (Å²) in [7, 11) is 0. The smallest absolute Gasteiger partial charge is 0.270 e. The molecule has 6 heteroatoms. The number of nitrogens with zero attached hydrogens (tertiary/aromatic N) is 2. The lowest BCUT2D eigenvalue weighted by molar-refractivity contribution is 0.0240. The predicted octanol–water partition coefficient (Wildman–Crippen LogP) is 2.51. The fourth-order valence-electron chi connectivity index (χ4n) is 2.98. The zero-order chi connectivity index (χ0) is 15.7. The van der Waals surface area contributed by atoms with Crippen molar-refractivity contribution in [3.8, 4) is 0 Å². The summed E-state index contributed by atoms with van der Waals surface area (Å²) in [6.45, 7) is 4.53. The zero-order valence-electron chi connectivity index (χ0n) is 12.8. The van der Waals surface area contributed by atoms with E-state index in [0.29, 0.717) is 18.2 Å². The minimum Gasteiger partial charge on any atom is -0.393 e. The molecule has 2 aromatic heterocycles. The number of amides is 1.